The standard InChI is InChI=1S/C16H12N2O3S/c19-14-12-7-1-2-8(5-7)13(12)15(20)18(14)9-3-4-10-11(6-9)22-16(21)17-10/h1-4,6-8,19-20H,5H2,(H,17,21)/t7-,8+. The first kappa shape index (κ1) is 12.1. The summed E-state index contributed by atoms with van der Waals surface area (Å²) >= 11 is 1.12. The van der Waals surface area contributed by atoms with Gasteiger partial charge < -0.3 is 15.2 Å². The summed E-state index contributed by atoms with van der Waals surface area (Å²) in [4.78, 5) is 14.1. The lowest BCUT2D eigenvalue weighted by Crippen LogP contribution is -1.95. The molecule has 0 amide bonds. The molecule has 0 aliphatic heterocycles. The number of fused-ring (bicyclic) bond motifs is 6. The highest BCUT2D eigenvalue weighted by molar-refractivity contribution is 7.16. The number of rotatable bonds is 1. The van der Waals surface area contributed by atoms with Crippen LogP contribution in [0.2, 0.25) is 0 Å². The second kappa shape index (κ2) is 3.84. The smallest absolute Gasteiger partial charge is 0.305 e. The molecule has 2 aliphatic carbocycles. The highest BCUT2D eigenvalue weighted by Crippen LogP contribution is 2.57. The summed E-state index contributed by atoms with van der Waals surface area (Å²) in [7, 11) is 0. The topological polar surface area (TPSA) is 78.2 Å². The Morgan fingerprint density at radius 2 is 1.82 bits per heavy atom. The first-order valence-corrected chi connectivity index (χ1v) is 7.93. The number of aromatic amines is 1. The predicted molar refractivity (Wildman–Crippen MR) is 84.3 cm³/mol. The quantitative estimate of drug-likeness (QED) is 0.605. The second-order valence-corrected chi connectivity index (χ2v) is 6.85. The van der Waals surface area contributed by atoms with Crippen LogP contribution >= 0.6 is 11.3 Å². The van der Waals surface area contributed by atoms with E-state index < -0.39 is 0 Å². The third-order valence-corrected chi connectivity index (χ3v) is 5.53. The molecule has 1 aromatic carbocycles. The highest BCUT2D eigenvalue weighted by atomic mass is 32.1. The van der Waals surface area contributed by atoms with Gasteiger partial charge in [0, 0.05) is 23.0 Å². The molecule has 5 rings (SSSR count). The molecule has 2 heterocycles. The van der Waals surface area contributed by atoms with E-state index in [0.717, 1.165) is 39.1 Å². The molecule has 110 valence electrons. The Labute approximate surface area is 128 Å². The maximum Gasteiger partial charge on any atom is 0.305 e. The van der Waals surface area contributed by atoms with Gasteiger partial charge in [0.1, 0.15) is 0 Å². The number of aromatic hydroxyl groups is 2. The van der Waals surface area contributed by atoms with Crippen molar-refractivity contribution >= 4 is 21.6 Å². The Morgan fingerprint density at radius 3 is 2.50 bits per heavy atom. The van der Waals surface area contributed by atoms with Crippen molar-refractivity contribution in [3.8, 4) is 17.4 Å². The lowest BCUT2D eigenvalue weighted by Gasteiger charge is -2.09. The average Bonchev–Trinajstić information content (AvgIpc) is 3.21. The maximum absolute atomic E-state index is 11.4. The van der Waals surface area contributed by atoms with E-state index in [1.54, 1.807) is 12.1 Å². The molecule has 0 fully saturated rings. The largest absolute Gasteiger partial charge is 0.494 e. The van der Waals surface area contributed by atoms with E-state index in [9.17, 15) is 15.0 Å². The summed E-state index contributed by atoms with van der Waals surface area (Å²) < 4.78 is 2.27. The maximum atomic E-state index is 11.4. The Balaban J connectivity index is 1.77. The molecule has 2 bridgehead atoms. The second-order valence-electron chi connectivity index (χ2n) is 5.84. The van der Waals surface area contributed by atoms with Gasteiger partial charge in [-0.05, 0) is 24.6 Å². The lowest BCUT2D eigenvalue weighted by molar-refractivity contribution is 0.395. The first-order valence-electron chi connectivity index (χ1n) is 7.11. The van der Waals surface area contributed by atoms with Crippen LogP contribution in [0.5, 0.6) is 11.8 Å². The van der Waals surface area contributed by atoms with Gasteiger partial charge >= 0.3 is 4.87 Å². The number of nitrogens with one attached hydrogen (secondary N) is 1. The molecule has 0 unspecified atom stereocenters. The fourth-order valence-electron chi connectivity index (χ4n) is 3.76. The van der Waals surface area contributed by atoms with Gasteiger partial charge in [-0.15, -0.1) is 0 Å². The summed E-state index contributed by atoms with van der Waals surface area (Å²) in [6.45, 7) is 0. The highest BCUT2D eigenvalue weighted by Gasteiger charge is 2.41. The van der Waals surface area contributed by atoms with Crippen LogP contribution in [0, 0.1) is 0 Å². The van der Waals surface area contributed by atoms with Crippen molar-refractivity contribution in [1.82, 2.24) is 9.55 Å². The van der Waals surface area contributed by atoms with Crippen molar-refractivity contribution in [1.29, 1.82) is 0 Å². The van der Waals surface area contributed by atoms with Crippen LogP contribution in [0.3, 0.4) is 0 Å². The Morgan fingerprint density at radius 1 is 1.14 bits per heavy atom. The van der Waals surface area contributed by atoms with Crippen LogP contribution < -0.4 is 4.87 Å². The van der Waals surface area contributed by atoms with E-state index in [1.807, 2.05) is 6.07 Å². The van der Waals surface area contributed by atoms with E-state index >= 15 is 0 Å². The van der Waals surface area contributed by atoms with E-state index in [0.29, 0.717) is 5.69 Å². The average molecular weight is 312 g/mol. The monoisotopic (exact) mass is 312 g/mol. The van der Waals surface area contributed by atoms with Crippen LogP contribution in [0.15, 0.2) is 35.1 Å². The molecule has 6 heteroatoms. The molecule has 0 saturated carbocycles. The first-order chi connectivity index (χ1) is 10.6. The number of aromatic nitrogens is 2. The number of benzene rings is 1. The van der Waals surface area contributed by atoms with Gasteiger partial charge in [0.05, 0.1) is 15.9 Å². The fraction of sp³-hybridized carbons (Fsp3) is 0.188. The van der Waals surface area contributed by atoms with Crippen LogP contribution in [-0.4, -0.2) is 19.8 Å². The van der Waals surface area contributed by atoms with Gasteiger partial charge in [-0.3, -0.25) is 9.36 Å². The third kappa shape index (κ3) is 1.35. The molecule has 3 aromatic rings. The van der Waals surface area contributed by atoms with Crippen molar-refractivity contribution in [2.75, 3.05) is 0 Å². The Kier molecular flexibility index (Phi) is 2.11. The van der Waals surface area contributed by atoms with E-state index in [4.69, 9.17) is 0 Å². The van der Waals surface area contributed by atoms with Crippen molar-refractivity contribution in [3.63, 3.8) is 0 Å². The molecule has 22 heavy (non-hydrogen) atoms. The summed E-state index contributed by atoms with van der Waals surface area (Å²) in [6.07, 6.45) is 5.13. The van der Waals surface area contributed by atoms with Crippen LogP contribution in [0.25, 0.3) is 15.9 Å². The molecule has 0 saturated heterocycles. The number of H-pyrrole nitrogens is 1. The fourth-order valence-corrected chi connectivity index (χ4v) is 4.53. The summed E-state index contributed by atoms with van der Waals surface area (Å²) in [6, 6.07) is 5.39. The zero-order valence-corrected chi connectivity index (χ0v) is 12.2. The molecule has 2 aromatic heterocycles. The van der Waals surface area contributed by atoms with Gasteiger partial charge in [-0.1, -0.05) is 23.5 Å². The minimum absolute atomic E-state index is 0.103. The molecule has 0 radical (unpaired) electrons. The van der Waals surface area contributed by atoms with Gasteiger partial charge in [0.2, 0.25) is 11.8 Å². The van der Waals surface area contributed by atoms with E-state index in [2.05, 4.69) is 17.1 Å². The van der Waals surface area contributed by atoms with Gasteiger partial charge in [0.15, 0.2) is 0 Å². The van der Waals surface area contributed by atoms with Gasteiger partial charge in [-0.25, -0.2) is 0 Å². The van der Waals surface area contributed by atoms with Crippen LogP contribution in [-0.2, 0) is 0 Å². The SMILES string of the molecule is O=c1[nH]c2ccc(-n3c(O)c4c(c3O)[C@H]3C=C[C@@H]4C3)cc2s1. The zero-order valence-electron chi connectivity index (χ0n) is 11.4. The number of thiazole rings is 1. The number of allylic oxidation sites excluding steroid dienone is 2. The molecular weight excluding hydrogens is 300 g/mol. The Bertz CT molecular complexity index is 989. The van der Waals surface area contributed by atoms with Crippen molar-refractivity contribution in [2.24, 2.45) is 0 Å². The molecule has 5 nitrogen and oxygen atoms in total. The molecule has 2 atom stereocenters. The molecule has 0 spiro atoms. The molecule has 2 aliphatic rings. The number of hydrogen-bond acceptors (Lipinski definition) is 4. The Hall–Kier alpha value is -2.47. The predicted octanol–water partition coefficient (Wildman–Crippen LogP) is 2.93. The van der Waals surface area contributed by atoms with E-state index in [1.165, 1.54) is 4.57 Å². The number of nitrogens with zero attached hydrogens (tertiary/aromatic N) is 1. The minimum Gasteiger partial charge on any atom is -0.494 e. The van der Waals surface area contributed by atoms with Crippen molar-refractivity contribution in [3.05, 3.63) is 51.1 Å². The lowest BCUT2D eigenvalue weighted by atomic mass is 10.0. The van der Waals surface area contributed by atoms with E-state index in [-0.39, 0.29) is 28.5 Å². The summed E-state index contributed by atoms with van der Waals surface area (Å²) in [5, 5.41) is 21.2. The normalized spacial score (nSPS) is 21.8. The molecule has 3 N–H and O–H groups in total. The van der Waals surface area contributed by atoms with Crippen molar-refractivity contribution < 1.29 is 10.2 Å². The van der Waals surface area contributed by atoms with Crippen LogP contribution in [0.4, 0.5) is 0 Å². The minimum atomic E-state index is -0.113. The van der Waals surface area contributed by atoms with Crippen molar-refractivity contribution in [2.45, 2.75) is 18.3 Å². The zero-order chi connectivity index (χ0) is 15.0. The summed E-state index contributed by atoms with van der Waals surface area (Å²) in [5.74, 6) is 0.594. The van der Waals surface area contributed by atoms with Crippen LogP contribution in [0.1, 0.15) is 29.4 Å². The van der Waals surface area contributed by atoms with Gasteiger partial charge in [0.25, 0.3) is 0 Å². The molecular formula is C16H12N2O3S. The summed E-state index contributed by atoms with van der Waals surface area (Å²) in [5.41, 5.74) is 3.10. The van der Waals surface area contributed by atoms with Gasteiger partial charge in [-0.2, -0.15) is 0 Å². The number of hydrogen-bond donors (Lipinski definition) is 3. The third-order valence-electron chi connectivity index (χ3n) is 4.68.